The average molecular weight is 295 g/mol. The van der Waals surface area contributed by atoms with E-state index in [-0.39, 0.29) is 11.4 Å². The number of aryl methyl sites for hydroxylation is 1. The van der Waals surface area contributed by atoms with Gasteiger partial charge in [0.25, 0.3) is 5.91 Å². The zero-order chi connectivity index (χ0) is 15.6. The Balaban J connectivity index is 2.31. The number of carbonyl (C=O) groups is 1. The van der Waals surface area contributed by atoms with Crippen LogP contribution in [0.1, 0.15) is 21.5 Å². The lowest BCUT2D eigenvalue weighted by Gasteiger charge is -2.13. The number of rotatable bonds is 2. The number of anilines is 1. The quantitative estimate of drug-likeness (QED) is 0.880. The molecule has 0 spiro atoms. The maximum Gasteiger partial charge on any atom is 0.417 e. The second-order valence-electron chi connectivity index (χ2n) is 4.50. The highest BCUT2D eigenvalue weighted by Crippen LogP contribution is 2.32. The van der Waals surface area contributed by atoms with Gasteiger partial charge in [0.1, 0.15) is 5.75 Å². The van der Waals surface area contributed by atoms with Gasteiger partial charge in [-0.3, -0.25) is 4.79 Å². The normalized spacial score (nSPS) is 11.2. The Hall–Kier alpha value is -2.50. The first kappa shape index (κ1) is 14.9. The molecular weight excluding hydrogens is 283 g/mol. The van der Waals surface area contributed by atoms with Gasteiger partial charge < -0.3 is 10.4 Å². The van der Waals surface area contributed by atoms with Crippen LogP contribution in [0.15, 0.2) is 42.5 Å². The highest BCUT2D eigenvalue weighted by atomic mass is 19.4. The number of halogens is 3. The Morgan fingerprint density at radius 1 is 1.14 bits per heavy atom. The van der Waals surface area contributed by atoms with Gasteiger partial charge >= 0.3 is 6.18 Å². The Labute approximate surface area is 119 Å². The number of phenols is 1. The molecule has 1 amide bonds. The van der Waals surface area contributed by atoms with Gasteiger partial charge in [-0.05, 0) is 30.7 Å². The molecule has 2 aromatic rings. The predicted molar refractivity (Wildman–Crippen MR) is 72.2 cm³/mol. The predicted octanol–water partition coefficient (Wildman–Crippen LogP) is 3.97. The number of carbonyl (C=O) groups excluding carboxylic acids is 1. The summed E-state index contributed by atoms with van der Waals surface area (Å²) in [6, 6.07) is 8.87. The van der Waals surface area contributed by atoms with Gasteiger partial charge in [0.15, 0.2) is 0 Å². The van der Waals surface area contributed by atoms with E-state index in [0.717, 1.165) is 12.1 Å². The van der Waals surface area contributed by atoms with E-state index in [9.17, 15) is 23.1 Å². The van der Waals surface area contributed by atoms with Crippen LogP contribution in [-0.4, -0.2) is 11.0 Å². The molecule has 0 aliphatic heterocycles. The van der Waals surface area contributed by atoms with E-state index in [4.69, 9.17) is 0 Å². The highest BCUT2D eigenvalue weighted by Gasteiger charge is 2.34. The molecule has 0 fully saturated rings. The van der Waals surface area contributed by atoms with Gasteiger partial charge in [0.05, 0.1) is 11.1 Å². The molecule has 2 aromatic carbocycles. The standard InChI is InChI=1S/C15H12F3NO2/c1-9-6-7-10(8-13(9)20)19-14(21)11-4-2-3-5-12(11)15(16,17)18/h2-8,20H,1H3,(H,19,21). The first-order valence-electron chi connectivity index (χ1n) is 6.06. The molecule has 3 nitrogen and oxygen atoms in total. The number of alkyl halides is 3. The summed E-state index contributed by atoms with van der Waals surface area (Å²) in [6.45, 7) is 1.67. The van der Waals surface area contributed by atoms with E-state index in [1.54, 1.807) is 13.0 Å². The summed E-state index contributed by atoms with van der Waals surface area (Å²) in [5, 5.41) is 11.9. The lowest BCUT2D eigenvalue weighted by atomic mass is 10.1. The summed E-state index contributed by atoms with van der Waals surface area (Å²) in [7, 11) is 0. The second kappa shape index (κ2) is 5.47. The Morgan fingerprint density at radius 3 is 2.43 bits per heavy atom. The monoisotopic (exact) mass is 295 g/mol. The summed E-state index contributed by atoms with van der Waals surface area (Å²) in [5.41, 5.74) is -0.646. The molecule has 21 heavy (non-hydrogen) atoms. The van der Waals surface area contributed by atoms with E-state index in [2.05, 4.69) is 5.32 Å². The summed E-state index contributed by atoms with van der Waals surface area (Å²) in [5.74, 6) is -0.928. The fourth-order valence-corrected chi connectivity index (χ4v) is 1.81. The third-order valence-corrected chi connectivity index (χ3v) is 2.94. The van der Waals surface area contributed by atoms with Crippen molar-refractivity contribution in [2.45, 2.75) is 13.1 Å². The topological polar surface area (TPSA) is 49.3 Å². The van der Waals surface area contributed by atoms with Crippen molar-refractivity contribution >= 4 is 11.6 Å². The molecule has 0 saturated heterocycles. The van der Waals surface area contributed by atoms with Crippen LogP contribution >= 0.6 is 0 Å². The van der Waals surface area contributed by atoms with Crippen LogP contribution in [0, 0.1) is 6.92 Å². The third-order valence-electron chi connectivity index (χ3n) is 2.94. The fourth-order valence-electron chi connectivity index (χ4n) is 1.81. The highest BCUT2D eigenvalue weighted by molar-refractivity contribution is 6.05. The minimum absolute atomic E-state index is 0.0445. The van der Waals surface area contributed by atoms with Gasteiger partial charge in [0.2, 0.25) is 0 Å². The van der Waals surface area contributed by atoms with E-state index in [1.165, 1.54) is 24.3 Å². The molecule has 0 radical (unpaired) electrons. The van der Waals surface area contributed by atoms with Gasteiger partial charge in [0, 0.05) is 11.8 Å². The molecule has 0 atom stereocenters. The zero-order valence-corrected chi connectivity index (χ0v) is 11.0. The molecule has 6 heteroatoms. The van der Waals surface area contributed by atoms with Crippen LogP contribution in [-0.2, 0) is 6.18 Å². The number of hydrogen-bond donors (Lipinski definition) is 2. The van der Waals surface area contributed by atoms with Crippen molar-refractivity contribution in [2.24, 2.45) is 0 Å². The second-order valence-corrected chi connectivity index (χ2v) is 4.50. The van der Waals surface area contributed by atoms with Crippen molar-refractivity contribution in [3.63, 3.8) is 0 Å². The van der Waals surface area contributed by atoms with Gasteiger partial charge in [-0.1, -0.05) is 18.2 Å². The molecule has 0 heterocycles. The number of phenolic OH excluding ortho intramolecular Hbond substituents is 1. The molecule has 2 rings (SSSR count). The van der Waals surface area contributed by atoms with Crippen molar-refractivity contribution in [1.29, 1.82) is 0 Å². The minimum atomic E-state index is -4.61. The maximum atomic E-state index is 12.8. The smallest absolute Gasteiger partial charge is 0.417 e. The van der Waals surface area contributed by atoms with E-state index < -0.39 is 23.2 Å². The number of benzene rings is 2. The Kier molecular flexibility index (Phi) is 3.88. The summed E-state index contributed by atoms with van der Waals surface area (Å²) < 4.78 is 38.5. The lowest BCUT2D eigenvalue weighted by molar-refractivity contribution is -0.137. The first-order chi connectivity index (χ1) is 9.79. The number of nitrogens with one attached hydrogen (secondary N) is 1. The number of amides is 1. The van der Waals surface area contributed by atoms with Gasteiger partial charge in [-0.15, -0.1) is 0 Å². The molecule has 0 unspecified atom stereocenters. The van der Waals surface area contributed by atoms with Crippen LogP contribution in [0.3, 0.4) is 0 Å². The molecule has 2 N–H and O–H groups in total. The zero-order valence-electron chi connectivity index (χ0n) is 11.0. The maximum absolute atomic E-state index is 12.8. The molecule has 0 bridgehead atoms. The summed E-state index contributed by atoms with van der Waals surface area (Å²) in [6.07, 6.45) is -4.61. The molecular formula is C15H12F3NO2. The molecule has 0 aliphatic rings. The first-order valence-corrected chi connectivity index (χ1v) is 6.06. The molecule has 0 saturated carbocycles. The van der Waals surface area contributed by atoms with Crippen molar-refractivity contribution in [3.8, 4) is 5.75 Å². The van der Waals surface area contributed by atoms with Crippen molar-refractivity contribution in [3.05, 3.63) is 59.2 Å². The summed E-state index contributed by atoms with van der Waals surface area (Å²) in [4.78, 5) is 12.0. The fraction of sp³-hybridized carbons (Fsp3) is 0.133. The van der Waals surface area contributed by atoms with Crippen molar-refractivity contribution < 1.29 is 23.1 Å². The van der Waals surface area contributed by atoms with E-state index in [0.29, 0.717) is 5.56 Å². The molecule has 0 aliphatic carbocycles. The van der Waals surface area contributed by atoms with Gasteiger partial charge in [-0.2, -0.15) is 13.2 Å². The van der Waals surface area contributed by atoms with E-state index >= 15 is 0 Å². The number of hydrogen-bond acceptors (Lipinski definition) is 2. The molecule has 110 valence electrons. The summed E-state index contributed by atoms with van der Waals surface area (Å²) >= 11 is 0. The average Bonchev–Trinajstić information content (AvgIpc) is 2.42. The Bertz CT molecular complexity index is 681. The lowest BCUT2D eigenvalue weighted by Crippen LogP contribution is -2.18. The van der Waals surface area contributed by atoms with Crippen LogP contribution in [0.2, 0.25) is 0 Å². The van der Waals surface area contributed by atoms with Crippen LogP contribution in [0.25, 0.3) is 0 Å². The third kappa shape index (κ3) is 3.34. The van der Waals surface area contributed by atoms with Crippen molar-refractivity contribution in [1.82, 2.24) is 0 Å². The SMILES string of the molecule is Cc1ccc(NC(=O)c2ccccc2C(F)(F)F)cc1O. The van der Waals surface area contributed by atoms with Crippen molar-refractivity contribution in [2.75, 3.05) is 5.32 Å². The van der Waals surface area contributed by atoms with Crippen LogP contribution in [0.5, 0.6) is 5.75 Å². The largest absolute Gasteiger partial charge is 0.508 e. The minimum Gasteiger partial charge on any atom is -0.508 e. The van der Waals surface area contributed by atoms with Crippen LogP contribution < -0.4 is 5.32 Å². The van der Waals surface area contributed by atoms with Crippen LogP contribution in [0.4, 0.5) is 18.9 Å². The van der Waals surface area contributed by atoms with E-state index in [1.807, 2.05) is 0 Å². The Morgan fingerprint density at radius 2 is 1.81 bits per heavy atom. The molecule has 0 aromatic heterocycles. The number of aromatic hydroxyl groups is 1. The van der Waals surface area contributed by atoms with Gasteiger partial charge in [-0.25, -0.2) is 0 Å².